The van der Waals surface area contributed by atoms with Gasteiger partial charge in [-0.2, -0.15) is 13.2 Å². The fourth-order valence-electron chi connectivity index (χ4n) is 1.09. The molecule has 0 N–H and O–H groups in total. The Balaban J connectivity index is 3.51. The van der Waals surface area contributed by atoms with Crippen molar-refractivity contribution in [3.8, 4) is 0 Å². The first-order chi connectivity index (χ1) is 7.25. The van der Waals surface area contributed by atoms with Crippen LogP contribution < -0.4 is 0 Å². The molecule has 0 bridgehead atoms. The molecule has 0 radical (unpaired) electrons. The van der Waals surface area contributed by atoms with Crippen molar-refractivity contribution in [2.24, 2.45) is 0 Å². The van der Waals surface area contributed by atoms with E-state index >= 15 is 0 Å². The second kappa shape index (κ2) is 4.32. The third kappa shape index (κ3) is 2.46. The molecule has 1 heterocycles. The first-order valence-corrected chi connectivity index (χ1v) is 4.16. The Morgan fingerprint density at radius 2 is 1.88 bits per heavy atom. The number of rotatable bonds is 2. The molecule has 0 amide bonds. The van der Waals surface area contributed by atoms with E-state index in [1.807, 2.05) is 0 Å². The van der Waals surface area contributed by atoms with Crippen LogP contribution in [0, 0.1) is 0 Å². The normalized spacial score (nSPS) is 11.9. The summed E-state index contributed by atoms with van der Waals surface area (Å²) >= 11 is 4.89. The number of carbonyl (C=O) groups is 1. The van der Waals surface area contributed by atoms with Gasteiger partial charge in [-0.25, -0.2) is 8.78 Å². The predicted molar refractivity (Wildman–Crippen MR) is 44.4 cm³/mol. The molecule has 0 saturated heterocycles. The Kier molecular flexibility index (Phi) is 3.47. The average Bonchev–Trinajstić information content (AvgIpc) is 2.14. The minimum absolute atomic E-state index is 0.227. The van der Waals surface area contributed by atoms with Crippen LogP contribution in [-0.2, 0) is 6.18 Å². The van der Waals surface area contributed by atoms with Gasteiger partial charge in [-0.3, -0.25) is 9.78 Å². The summed E-state index contributed by atoms with van der Waals surface area (Å²) in [5.41, 5.74) is -4.04. The van der Waals surface area contributed by atoms with Crippen molar-refractivity contribution in [3.63, 3.8) is 0 Å². The molecule has 0 atom stereocenters. The fraction of sp³-hybridized carbons (Fsp3) is 0.250. The van der Waals surface area contributed by atoms with Crippen LogP contribution in [0.5, 0.6) is 0 Å². The van der Waals surface area contributed by atoms with Gasteiger partial charge < -0.3 is 0 Å². The highest BCUT2D eigenvalue weighted by Gasteiger charge is 2.38. The summed E-state index contributed by atoms with van der Waals surface area (Å²) in [7, 11) is 0. The largest absolute Gasteiger partial charge is 0.418 e. The zero-order chi connectivity index (χ0) is 12.5. The summed E-state index contributed by atoms with van der Waals surface area (Å²) in [6, 6.07) is 0. The SMILES string of the molecule is O=C(Cl)c1cncc(C(F)(F)F)c1C(F)F. The molecule has 2 nitrogen and oxygen atoms in total. The molecule has 0 aliphatic carbocycles. The third-order valence-electron chi connectivity index (χ3n) is 1.72. The Labute approximate surface area is 91.0 Å². The minimum Gasteiger partial charge on any atom is -0.276 e. The number of alkyl halides is 5. The van der Waals surface area contributed by atoms with Crippen LogP contribution in [0.3, 0.4) is 0 Å². The molecular weight excluding hydrogens is 257 g/mol. The second-order valence-corrected chi connectivity index (χ2v) is 3.06. The van der Waals surface area contributed by atoms with Crippen LogP contribution in [0.1, 0.15) is 27.9 Å². The highest BCUT2D eigenvalue weighted by molar-refractivity contribution is 6.67. The van der Waals surface area contributed by atoms with Gasteiger partial charge >= 0.3 is 6.18 Å². The van der Waals surface area contributed by atoms with Gasteiger partial charge in [0, 0.05) is 18.0 Å². The van der Waals surface area contributed by atoms with Gasteiger partial charge in [0.15, 0.2) is 0 Å². The highest BCUT2D eigenvalue weighted by atomic mass is 35.5. The molecule has 0 aliphatic rings. The van der Waals surface area contributed by atoms with Crippen molar-refractivity contribution in [1.82, 2.24) is 4.98 Å². The smallest absolute Gasteiger partial charge is 0.276 e. The molecule has 1 rings (SSSR count). The van der Waals surface area contributed by atoms with E-state index in [9.17, 15) is 26.7 Å². The van der Waals surface area contributed by atoms with E-state index in [0.29, 0.717) is 6.20 Å². The van der Waals surface area contributed by atoms with Crippen molar-refractivity contribution in [1.29, 1.82) is 0 Å². The van der Waals surface area contributed by atoms with E-state index in [4.69, 9.17) is 11.6 Å². The molecule has 1 aromatic heterocycles. The van der Waals surface area contributed by atoms with Crippen LogP contribution in [0.4, 0.5) is 22.0 Å². The molecule has 1 aromatic rings. The van der Waals surface area contributed by atoms with Crippen LogP contribution in [-0.4, -0.2) is 10.2 Å². The van der Waals surface area contributed by atoms with E-state index in [1.165, 1.54) is 0 Å². The monoisotopic (exact) mass is 259 g/mol. The van der Waals surface area contributed by atoms with Crippen LogP contribution in [0.15, 0.2) is 12.4 Å². The molecule has 16 heavy (non-hydrogen) atoms. The van der Waals surface area contributed by atoms with Gasteiger partial charge in [0.1, 0.15) is 0 Å². The minimum atomic E-state index is -5.01. The molecule has 88 valence electrons. The van der Waals surface area contributed by atoms with Gasteiger partial charge in [-0.15, -0.1) is 0 Å². The second-order valence-electron chi connectivity index (χ2n) is 2.72. The Bertz CT molecular complexity index is 417. The van der Waals surface area contributed by atoms with Gasteiger partial charge in [0.25, 0.3) is 11.7 Å². The molecule has 0 aliphatic heterocycles. The van der Waals surface area contributed by atoms with Crippen LogP contribution in [0.2, 0.25) is 0 Å². The predicted octanol–water partition coefficient (Wildman–Crippen LogP) is 3.42. The number of hydrogen-bond acceptors (Lipinski definition) is 2. The van der Waals surface area contributed by atoms with Crippen molar-refractivity contribution in [2.45, 2.75) is 12.6 Å². The molecule has 0 fully saturated rings. The molecule has 0 spiro atoms. The van der Waals surface area contributed by atoms with E-state index in [1.54, 1.807) is 0 Å². The fourth-order valence-corrected chi connectivity index (χ4v) is 1.24. The lowest BCUT2D eigenvalue weighted by Crippen LogP contribution is -2.13. The van der Waals surface area contributed by atoms with Gasteiger partial charge in [0.2, 0.25) is 0 Å². The number of carbonyl (C=O) groups excluding carboxylic acids is 1. The van der Waals surface area contributed by atoms with Crippen molar-refractivity contribution < 1.29 is 26.7 Å². The summed E-state index contributed by atoms with van der Waals surface area (Å²) in [5, 5.41) is -1.41. The zero-order valence-electron chi connectivity index (χ0n) is 7.36. The topological polar surface area (TPSA) is 30.0 Å². The van der Waals surface area contributed by atoms with E-state index in [2.05, 4.69) is 4.98 Å². The number of pyridine rings is 1. The summed E-state index contributed by atoms with van der Waals surface area (Å²) < 4.78 is 61.9. The van der Waals surface area contributed by atoms with Crippen molar-refractivity contribution in [2.75, 3.05) is 0 Å². The van der Waals surface area contributed by atoms with Crippen LogP contribution in [0.25, 0.3) is 0 Å². The number of nitrogens with zero attached hydrogens (tertiary/aromatic N) is 1. The molecular formula is C8H3ClF5NO. The Hall–Kier alpha value is -1.24. The maximum absolute atomic E-state index is 12.4. The number of hydrogen-bond donors (Lipinski definition) is 0. The quantitative estimate of drug-likeness (QED) is 0.602. The van der Waals surface area contributed by atoms with Crippen molar-refractivity contribution in [3.05, 3.63) is 29.1 Å². The zero-order valence-corrected chi connectivity index (χ0v) is 8.11. The maximum atomic E-state index is 12.4. The van der Waals surface area contributed by atoms with Gasteiger partial charge in [0.05, 0.1) is 11.1 Å². The van der Waals surface area contributed by atoms with Gasteiger partial charge in [-0.1, -0.05) is 0 Å². The summed E-state index contributed by atoms with van der Waals surface area (Å²) in [6.45, 7) is 0. The molecule has 0 unspecified atom stereocenters. The maximum Gasteiger partial charge on any atom is 0.418 e. The number of aromatic nitrogens is 1. The lowest BCUT2D eigenvalue weighted by molar-refractivity contribution is -0.139. The lowest BCUT2D eigenvalue weighted by atomic mass is 10.1. The van der Waals surface area contributed by atoms with Gasteiger partial charge in [-0.05, 0) is 11.6 Å². The number of halogens is 6. The molecule has 8 heteroatoms. The first kappa shape index (κ1) is 12.8. The average molecular weight is 260 g/mol. The Morgan fingerprint density at radius 3 is 2.25 bits per heavy atom. The summed E-state index contributed by atoms with van der Waals surface area (Å²) in [5.74, 6) is 0. The van der Waals surface area contributed by atoms with E-state index in [0.717, 1.165) is 0 Å². The molecule has 0 aromatic carbocycles. The van der Waals surface area contributed by atoms with E-state index in [-0.39, 0.29) is 6.20 Å². The highest BCUT2D eigenvalue weighted by Crippen LogP contribution is 2.37. The Morgan fingerprint density at radius 1 is 1.31 bits per heavy atom. The summed E-state index contributed by atoms with van der Waals surface area (Å²) in [6.07, 6.45) is -7.67. The van der Waals surface area contributed by atoms with Crippen LogP contribution >= 0.6 is 11.6 Å². The molecule has 0 saturated carbocycles. The standard InChI is InChI=1S/C8H3ClF5NO/c9-6(16)3-1-15-2-4(8(12,13)14)5(3)7(10)11/h1-2,7H. The first-order valence-electron chi connectivity index (χ1n) is 3.78. The third-order valence-corrected chi connectivity index (χ3v) is 1.93. The summed E-state index contributed by atoms with van der Waals surface area (Å²) in [4.78, 5) is 13.7. The van der Waals surface area contributed by atoms with Crippen molar-refractivity contribution >= 4 is 16.8 Å². The lowest BCUT2D eigenvalue weighted by Gasteiger charge is -2.13. The van der Waals surface area contributed by atoms with E-state index < -0.39 is 34.5 Å².